The summed E-state index contributed by atoms with van der Waals surface area (Å²) in [6, 6.07) is 9.59. The maximum atomic E-state index is 12.0. The fraction of sp³-hybridized carbons (Fsp3) is 0.533. The van der Waals surface area contributed by atoms with Crippen molar-refractivity contribution in [3.8, 4) is 0 Å². The van der Waals surface area contributed by atoms with Gasteiger partial charge in [-0.2, -0.15) is 0 Å². The molecule has 1 aromatic carbocycles. The van der Waals surface area contributed by atoms with Gasteiger partial charge >= 0.3 is 0 Å². The van der Waals surface area contributed by atoms with E-state index in [0.717, 1.165) is 30.6 Å². The molecule has 0 bridgehead atoms. The average molecular weight is 266 g/mol. The van der Waals surface area contributed by atoms with Crippen molar-refractivity contribution >= 4 is 16.9 Å². The van der Waals surface area contributed by atoms with E-state index in [0.29, 0.717) is 0 Å². The molecule has 1 aromatic rings. The molecule has 0 aliphatic heterocycles. The van der Waals surface area contributed by atoms with E-state index in [1.54, 1.807) is 0 Å². The monoisotopic (exact) mass is 266 g/mol. The number of thioether (sulfide) groups is 1. The summed E-state index contributed by atoms with van der Waals surface area (Å²) >= 11 is 1.22. The van der Waals surface area contributed by atoms with E-state index in [4.69, 9.17) is 0 Å². The van der Waals surface area contributed by atoms with Crippen LogP contribution in [-0.4, -0.2) is 16.3 Å². The minimum atomic E-state index is -0.514. The molecule has 0 radical (unpaired) electrons. The molecule has 0 saturated heterocycles. The van der Waals surface area contributed by atoms with E-state index in [-0.39, 0.29) is 11.0 Å². The number of hydrogen-bond acceptors (Lipinski definition) is 3. The molecule has 0 aliphatic carbocycles. The van der Waals surface area contributed by atoms with E-state index in [2.05, 4.69) is 6.92 Å². The van der Waals surface area contributed by atoms with Gasteiger partial charge in [-0.15, -0.1) is 0 Å². The van der Waals surface area contributed by atoms with Crippen LogP contribution in [0.3, 0.4) is 0 Å². The number of aliphatic hydroxyl groups excluding tert-OH is 1. The third-order valence-electron chi connectivity index (χ3n) is 3.01. The second-order valence-corrected chi connectivity index (χ2v) is 5.66. The largest absolute Gasteiger partial charge is 0.392 e. The maximum Gasteiger partial charge on any atom is 0.199 e. The van der Waals surface area contributed by atoms with Crippen LogP contribution in [0.2, 0.25) is 0 Å². The summed E-state index contributed by atoms with van der Waals surface area (Å²) in [5.74, 6) is -0.299. The Bertz CT molecular complexity index is 351. The molecular formula is C15H22O2S. The molecule has 0 saturated carbocycles. The van der Waals surface area contributed by atoms with Gasteiger partial charge < -0.3 is 5.11 Å². The first kappa shape index (κ1) is 15.3. The van der Waals surface area contributed by atoms with Crippen LogP contribution in [0.25, 0.3) is 0 Å². The molecule has 0 unspecified atom stereocenters. The lowest BCUT2D eigenvalue weighted by Gasteiger charge is -2.17. The minimum absolute atomic E-state index is 0.0465. The average Bonchev–Trinajstić information content (AvgIpc) is 2.39. The molecule has 0 heterocycles. The number of rotatable bonds is 7. The Morgan fingerprint density at radius 1 is 1.28 bits per heavy atom. The molecule has 0 aliphatic rings. The molecule has 2 nitrogen and oxygen atoms in total. The number of unbranched alkanes of at least 4 members (excludes halogenated alkanes) is 2. The van der Waals surface area contributed by atoms with Crippen LogP contribution < -0.4 is 0 Å². The molecular weight excluding hydrogens is 244 g/mol. The van der Waals surface area contributed by atoms with Crippen molar-refractivity contribution in [2.75, 3.05) is 0 Å². The zero-order valence-electron chi connectivity index (χ0n) is 11.1. The van der Waals surface area contributed by atoms with Crippen molar-refractivity contribution in [1.82, 2.24) is 0 Å². The van der Waals surface area contributed by atoms with Gasteiger partial charge in [0.1, 0.15) is 0 Å². The molecule has 1 N–H and O–H groups in total. The fourth-order valence-electron chi connectivity index (χ4n) is 1.71. The van der Waals surface area contributed by atoms with E-state index in [1.165, 1.54) is 11.8 Å². The molecule has 0 aromatic heterocycles. The smallest absolute Gasteiger partial charge is 0.199 e. The Balaban J connectivity index is 2.41. The predicted molar refractivity (Wildman–Crippen MR) is 76.6 cm³/mol. The zero-order valence-corrected chi connectivity index (χ0v) is 12.0. The molecule has 1 rings (SSSR count). The van der Waals surface area contributed by atoms with Crippen LogP contribution >= 0.6 is 11.8 Å². The van der Waals surface area contributed by atoms with Gasteiger partial charge in [-0.05, 0) is 18.6 Å². The number of carbonyl (C=O) groups is 1. The van der Waals surface area contributed by atoms with E-state index < -0.39 is 6.10 Å². The topological polar surface area (TPSA) is 37.3 Å². The molecule has 2 atom stereocenters. The highest BCUT2D eigenvalue weighted by Crippen LogP contribution is 2.24. The molecule has 0 spiro atoms. The Morgan fingerprint density at radius 2 is 1.94 bits per heavy atom. The van der Waals surface area contributed by atoms with Crippen molar-refractivity contribution < 1.29 is 9.90 Å². The van der Waals surface area contributed by atoms with E-state index in [9.17, 15) is 9.90 Å². The fourth-order valence-corrected chi connectivity index (χ4v) is 2.58. The summed E-state index contributed by atoms with van der Waals surface area (Å²) in [6.07, 6.45) is 3.44. The van der Waals surface area contributed by atoms with Gasteiger partial charge in [-0.3, -0.25) is 4.79 Å². The Labute approximate surface area is 114 Å². The summed E-state index contributed by atoms with van der Waals surface area (Å²) in [5, 5.41) is 10.0. The third kappa shape index (κ3) is 5.23. The summed E-state index contributed by atoms with van der Waals surface area (Å²) < 4.78 is 0. The van der Waals surface area contributed by atoms with Gasteiger partial charge in [0.2, 0.25) is 0 Å². The van der Waals surface area contributed by atoms with Gasteiger partial charge in [0, 0.05) is 4.90 Å². The molecule has 0 fully saturated rings. The van der Waals surface area contributed by atoms with Crippen molar-refractivity contribution in [3.05, 3.63) is 30.3 Å². The highest BCUT2D eigenvalue weighted by Gasteiger charge is 2.22. The predicted octanol–water partition coefficient (Wildman–Crippen LogP) is 3.88. The highest BCUT2D eigenvalue weighted by atomic mass is 32.2. The first-order valence-electron chi connectivity index (χ1n) is 6.60. The number of benzene rings is 1. The van der Waals surface area contributed by atoms with Gasteiger partial charge in [-0.25, -0.2) is 0 Å². The second kappa shape index (κ2) is 8.33. The van der Waals surface area contributed by atoms with Crippen LogP contribution in [-0.2, 0) is 4.79 Å². The van der Waals surface area contributed by atoms with Crippen LogP contribution in [0.4, 0.5) is 0 Å². The van der Waals surface area contributed by atoms with E-state index >= 15 is 0 Å². The third-order valence-corrected chi connectivity index (χ3v) is 4.09. The summed E-state index contributed by atoms with van der Waals surface area (Å²) in [6.45, 7) is 3.95. The number of hydrogen-bond donors (Lipinski definition) is 1. The SMILES string of the molecule is CCCCC[C@H](O)[C@@H](C)C(=O)Sc1ccccc1. The van der Waals surface area contributed by atoms with Gasteiger partial charge in [-0.1, -0.05) is 63.1 Å². The summed E-state index contributed by atoms with van der Waals surface area (Å²) in [4.78, 5) is 12.9. The molecule has 3 heteroatoms. The van der Waals surface area contributed by atoms with Crippen molar-refractivity contribution in [3.63, 3.8) is 0 Å². The molecule has 0 amide bonds. The summed E-state index contributed by atoms with van der Waals surface area (Å²) in [7, 11) is 0. The van der Waals surface area contributed by atoms with Crippen molar-refractivity contribution in [2.45, 2.75) is 50.5 Å². The van der Waals surface area contributed by atoms with Crippen LogP contribution in [0.1, 0.15) is 39.5 Å². The quantitative estimate of drug-likeness (QED) is 0.601. The standard InChI is InChI=1S/C15H22O2S/c1-3-4-6-11-14(16)12(2)15(17)18-13-9-7-5-8-10-13/h5,7-10,12,14,16H,3-4,6,11H2,1-2H3/t12-,14+/m1/s1. The normalized spacial score (nSPS) is 14.2. The lowest BCUT2D eigenvalue weighted by molar-refractivity contribution is -0.117. The summed E-state index contributed by atoms with van der Waals surface area (Å²) in [5.41, 5.74) is 0. The Hall–Kier alpha value is -0.800. The lowest BCUT2D eigenvalue weighted by Crippen LogP contribution is -2.23. The van der Waals surface area contributed by atoms with Gasteiger partial charge in [0.05, 0.1) is 12.0 Å². The second-order valence-electron chi connectivity index (χ2n) is 4.59. The number of carbonyl (C=O) groups excluding carboxylic acids is 1. The first-order valence-corrected chi connectivity index (χ1v) is 7.41. The van der Waals surface area contributed by atoms with Gasteiger partial charge in [0.25, 0.3) is 0 Å². The Morgan fingerprint density at radius 3 is 2.56 bits per heavy atom. The Kier molecular flexibility index (Phi) is 7.06. The minimum Gasteiger partial charge on any atom is -0.392 e. The first-order chi connectivity index (χ1) is 8.65. The zero-order chi connectivity index (χ0) is 13.4. The lowest BCUT2D eigenvalue weighted by atomic mass is 10.0. The van der Waals surface area contributed by atoms with Gasteiger partial charge in [0.15, 0.2) is 5.12 Å². The molecule has 100 valence electrons. The van der Waals surface area contributed by atoms with Crippen molar-refractivity contribution in [1.29, 1.82) is 0 Å². The van der Waals surface area contributed by atoms with Crippen LogP contribution in [0.15, 0.2) is 35.2 Å². The number of aliphatic hydroxyl groups is 1. The van der Waals surface area contributed by atoms with Crippen LogP contribution in [0, 0.1) is 5.92 Å². The maximum absolute atomic E-state index is 12.0. The molecule has 18 heavy (non-hydrogen) atoms. The van der Waals surface area contributed by atoms with Crippen molar-refractivity contribution in [2.24, 2.45) is 5.92 Å². The van der Waals surface area contributed by atoms with Crippen LogP contribution in [0.5, 0.6) is 0 Å². The highest BCUT2D eigenvalue weighted by molar-refractivity contribution is 8.13. The van der Waals surface area contributed by atoms with E-state index in [1.807, 2.05) is 37.3 Å².